The van der Waals surface area contributed by atoms with Crippen LogP contribution in [0, 0.1) is 5.92 Å². The van der Waals surface area contributed by atoms with Crippen LogP contribution in [0.2, 0.25) is 0 Å². The molecule has 3 rings (SSSR count). The second-order valence-electron chi connectivity index (χ2n) is 8.36. The van der Waals surface area contributed by atoms with Gasteiger partial charge in [-0.2, -0.15) is 0 Å². The highest BCUT2D eigenvalue weighted by molar-refractivity contribution is 6.03. The monoisotopic (exact) mass is 446 g/mol. The molecule has 0 aromatic heterocycles. The van der Waals surface area contributed by atoms with E-state index < -0.39 is 41.9 Å². The van der Waals surface area contributed by atoms with Crippen molar-refractivity contribution in [3.05, 3.63) is 35.9 Å². The summed E-state index contributed by atoms with van der Waals surface area (Å²) in [5.74, 6) is -3.98. The fraction of sp³-hybridized carbons (Fsp3) is 0.565. The maximum absolute atomic E-state index is 13.3. The van der Waals surface area contributed by atoms with Crippen LogP contribution >= 0.6 is 0 Å². The number of hydrogen-bond donors (Lipinski definition) is 3. The first kappa shape index (κ1) is 23.7. The number of carbonyl (C=O) groups is 4. The van der Waals surface area contributed by atoms with Gasteiger partial charge < -0.3 is 19.8 Å². The molecule has 0 spiro atoms. The predicted octanol–water partition coefficient (Wildman–Crippen LogP) is 1.45. The van der Waals surface area contributed by atoms with E-state index in [4.69, 9.17) is 4.74 Å². The number of nitrogens with zero attached hydrogens (tertiary/aromatic N) is 1. The Hall–Kier alpha value is -2.94. The number of fused-ring (bicyclic) bond motifs is 1. The van der Waals surface area contributed by atoms with Crippen LogP contribution in [0.5, 0.6) is 0 Å². The third kappa shape index (κ3) is 5.27. The van der Waals surface area contributed by atoms with Gasteiger partial charge in [-0.15, -0.1) is 0 Å². The Morgan fingerprint density at radius 3 is 2.50 bits per heavy atom. The molecule has 1 heterocycles. The molecule has 3 N–H and O–H groups in total. The van der Waals surface area contributed by atoms with E-state index in [0.29, 0.717) is 19.3 Å². The van der Waals surface area contributed by atoms with E-state index >= 15 is 0 Å². The number of amides is 1. The van der Waals surface area contributed by atoms with E-state index in [1.54, 1.807) is 6.92 Å². The molecule has 1 saturated carbocycles. The lowest BCUT2D eigenvalue weighted by atomic mass is 10.0. The Morgan fingerprint density at radius 2 is 1.88 bits per heavy atom. The summed E-state index contributed by atoms with van der Waals surface area (Å²) >= 11 is 0. The normalized spacial score (nSPS) is 23.9. The van der Waals surface area contributed by atoms with Crippen molar-refractivity contribution in [3.63, 3.8) is 0 Å². The average molecular weight is 447 g/mol. The van der Waals surface area contributed by atoms with Crippen LogP contribution in [-0.2, 0) is 30.3 Å². The quantitative estimate of drug-likeness (QED) is 0.363. The standard InChI is InChI=1S/C23H30N2O7/c1-2-32-23(31)16(12-11-14-7-4-3-5-8-14)24-19(22(29)30)20(26)25-17-10-6-9-15(17)13-18(25)21(27)28/h3-5,7-8,15-19,24H,2,6,9-13H2,1H3,(H,27,28)(H,29,30). The van der Waals surface area contributed by atoms with E-state index in [9.17, 15) is 29.4 Å². The number of esters is 1. The van der Waals surface area contributed by atoms with Gasteiger partial charge in [0.2, 0.25) is 0 Å². The highest BCUT2D eigenvalue weighted by atomic mass is 16.5. The van der Waals surface area contributed by atoms with Gasteiger partial charge >= 0.3 is 17.9 Å². The first-order chi connectivity index (χ1) is 15.3. The van der Waals surface area contributed by atoms with Gasteiger partial charge in [0.05, 0.1) is 6.61 Å². The lowest BCUT2D eigenvalue weighted by Gasteiger charge is -2.31. The zero-order valence-corrected chi connectivity index (χ0v) is 18.1. The van der Waals surface area contributed by atoms with Crippen molar-refractivity contribution in [1.82, 2.24) is 10.2 Å². The first-order valence-corrected chi connectivity index (χ1v) is 11.1. The van der Waals surface area contributed by atoms with E-state index in [2.05, 4.69) is 5.32 Å². The number of carboxylic acids is 2. The van der Waals surface area contributed by atoms with Crippen molar-refractivity contribution >= 4 is 23.8 Å². The van der Waals surface area contributed by atoms with Gasteiger partial charge in [-0.1, -0.05) is 36.8 Å². The Bertz CT molecular complexity index is 844. The lowest BCUT2D eigenvalue weighted by Crippen LogP contribution is -2.59. The largest absolute Gasteiger partial charge is 0.480 e. The van der Waals surface area contributed by atoms with Crippen LogP contribution in [0.1, 0.15) is 44.6 Å². The van der Waals surface area contributed by atoms with Crippen LogP contribution in [0.15, 0.2) is 30.3 Å². The highest BCUT2D eigenvalue weighted by Gasteiger charge is 2.51. The molecule has 0 radical (unpaired) electrons. The maximum atomic E-state index is 13.3. The zero-order chi connectivity index (χ0) is 23.3. The molecule has 9 nitrogen and oxygen atoms in total. The minimum Gasteiger partial charge on any atom is -0.480 e. The van der Waals surface area contributed by atoms with E-state index in [0.717, 1.165) is 18.4 Å². The molecule has 5 atom stereocenters. The van der Waals surface area contributed by atoms with Crippen molar-refractivity contribution in [2.24, 2.45) is 5.92 Å². The molecule has 1 aromatic rings. The van der Waals surface area contributed by atoms with E-state index in [-0.39, 0.29) is 25.0 Å². The number of benzene rings is 1. The van der Waals surface area contributed by atoms with Crippen LogP contribution in [0.25, 0.3) is 0 Å². The molecule has 2 fully saturated rings. The second kappa shape index (κ2) is 10.6. The molecule has 1 aromatic carbocycles. The Kier molecular flexibility index (Phi) is 7.84. The van der Waals surface area contributed by atoms with Gasteiger partial charge in [0.15, 0.2) is 6.04 Å². The summed E-state index contributed by atoms with van der Waals surface area (Å²) in [5.41, 5.74) is 0.959. The van der Waals surface area contributed by atoms with Gasteiger partial charge in [0.1, 0.15) is 12.1 Å². The highest BCUT2D eigenvalue weighted by Crippen LogP contribution is 2.41. The third-order valence-corrected chi connectivity index (χ3v) is 6.37. The summed E-state index contributed by atoms with van der Waals surface area (Å²) < 4.78 is 5.09. The smallest absolute Gasteiger partial charge is 0.330 e. The molecule has 9 heteroatoms. The molecule has 1 amide bonds. The summed E-state index contributed by atoms with van der Waals surface area (Å²) in [7, 11) is 0. The molecule has 1 aliphatic carbocycles. The fourth-order valence-corrected chi connectivity index (χ4v) is 4.89. The number of aryl methyl sites for hydroxylation is 1. The van der Waals surface area contributed by atoms with Gasteiger partial charge in [0.25, 0.3) is 5.91 Å². The van der Waals surface area contributed by atoms with Crippen molar-refractivity contribution in [2.45, 2.75) is 69.6 Å². The summed E-state index contributed by atoms with van der Waals surface area (Å²) in [6, 6.07) is 5.30. The molecular weight excluding hydrogens is 416 g/mol. The zero-order valence-electron chi connectivity index (χ0n) is 18.1. The minimum absolute atomic E-state index is 0.0634. The maximum Gasteiger partial charge on any atom is 0.330 e. The van der Waals surface area contributed by atoms with E-state index in [1.807, 2.05) is 30.3 Å². The van der Waals surface area contributed by atoms with Crippen LogP contribution < -0.4 is 5.32 Å². The predicted molar refractivity (Wildman–Crippen MR) is 114 cm³/mol. The number of aliphatic carboxylic acids is 2. The topological polar surface area (TPSA) is 133 Å². The molecule has 5 unspecified atom stereocenters. The lowest BCUT2D eigenvalue weighted by molar-refractivity contribution is -0.156. The number of rotatable bonds is 10. The molecule has 1 saturated heterocycles. The number of carboxylic acid groups (broad SMARTS) is 2. The molecule has 174 valence electrons. The Balaban J connectivity index is 1.79. The summed E-state index contributed by atoms with van der Waals surface area (Å²) in [4.78, 5) is 50.9. The van der Waals surface area contributed by atoms with Crippen LogP contribution in [0.3, 0.4) is 0 Å². The Morgan fingerprint density at radius 1 is 1.16 bits per heavy atom. The Labute approximate surface area is 186 Å². The van der Waals surface area contributed by atoms with Gasteiger partial charge in [-0.25, -0.2) is 9.59 Å². The van der Waals surface area contributed by atoms with Crippen molar-refractivity contribution in [1.29, 1.82) is 0 Å². The third-order valence-electron chi connectivity index (χ3n) is 6.37. The minimum atomic E-state index is -1.73. The summed E-state index contributed by atoms with van der Waals surface area (Å²) in [5, 5.41) is 22.1. The van der Waals surface area contributed by atoms with Crippen molar-refractivity contribution in [2.75, 3.05) is 6.61 Å². The molecule has 1 aliphatic heterocycles. The first-order valence-electron chi connectivity index (χ1n) is 11.1. The van der Waals surface area contributed by atoms with Crippen LogP contribution in [-0.4, -0.2) is 69.7 Å². The van der Waals surface area contributed by atoms with Gasteiger partial charge in [-0.3, -0.25) is 14.9 Å². The summed E-state index contributed by atoms with van der Waals surface area (Å²) in [6.45, 7) is 1.76. The molecular formula is C23H30N2O7. The molecule has 2 aliphatic rings. The molecule has 0 bridgehead atoms. The van der Waals surface area contributed by atoms with E-state index in [1.165, 1.54) is 4.90 Å². The number of likely N-dealkylation sites (tertiary alicyclic amines) is 1. The van der Waals surface area contributed by atoms with Gasteiger partial charge in [-0.05, 0) is 50.5 Å². The second-order valence-corrected chi connectivity index (χ2v) is 8.36. The summed E-state index contributed by atoms with van der Waals surface area (Å²) in [6.07, 6.45) is 3.39. The number of nitrogens with one attached hydrogen (secondary N) is 1. The molecule has 32 heavy (non-hydrogen) atoms. The number of ether oxygens (including phenoxy) is 1. The average Bonchev–Trinajstić information content (AvgIpc) is 3.35. The van der Waals surface area contributed by atoms with Crippen molar-refractivity contribution in [3.8, 4) is 0 Å². The van der Waals surface area contributed by atoms with Gasteiger partial charge in [0, 0.05) is 6.04 Å². The SMILES string of the molecule is CCOC(=O)C(CCc1ccccc1)NC(C(=O)O)C(=O)N1C(C(=O)O)CC2CCCC21. The van der Waals surface area contributed by atoms with Crippen LogP contribution in [0.4, 0.5) is 0 Å². The fourth-order valence-electron chi connectivity index (χ4n) is 4.89. The number of hydrogen-bond acceptors (Lipinski definition) is 6. The van der Waals surface area contributed by atoms with Crippen molar-refractivity contribution < 1.29 is 34.1 Å². The number of carbonyl (C=O) groups excluding carboxylic acids is 2.